The Morgan fingerprint density at radius 1 is 1.58 bits per heavy atom. The molecule has 1 aromatic rings. The van der Waals surface area contributed by atoms with Crippen LogP contribution in [0.4, 0.5) is 5.69 Å². The Hall–Kier alpha value is -2.28. The average Bonchev–Trinajstić information content (AvgIpc) is 2.40. The van der Waals surface area contributed by atoms with E-state index in [9.17, 15) is 14.7 Å². The molecule has 2 rings (SSSR count). The van der Waals surface area contributed by atoms with Gasteiger partial charge >= 0.3 is 0 Å². The number of primary amides is 1. The lowest BCUT2D eigenvalue weighted by Gasteiger charge is -2.29. The van der Waals surface area contributed by atoms with Gasteiger partial charge in [0, 0.05) is 0 Å². The smallest absolute Gasteiger partial charge is 0.265 e. The van der Waals surface area contributed by atoms with Crippen LogP contribution in [0.3, 0.4) is 0 Å². The van der Waals surface area contributed by atoms with Gasteiger partial charge < -0.3 is 20.3 Å². The Morgan fingerprint density at radius 2 is 2.32 bits per heavy atom. The maximum atomic E-state index is 11.8. The summed E-state index contributed by atoms with van der Waals surface area (Å²) in [7, 11) is 1.45. The fraction of sp³-hybridized carbons (Fsp3) is 0.333. The van der Waals surface area contributed by atoms with E-state index >= 15 is 0 Å². The molecule has 7 nitrogen and oxygen atoms in total. The fourth-order valence-electron chi connectivity index (χ4n) is 1.91. The molecular formula is C12H14N2O5. The van der Waals surface area contributed by atoms with Crippen molar-refractivity contribution in [2.24, 2.45) is 5.73 Å². The Labute approximate surface area is 109 Å². The van der Waals surface area contributed by atoms with Crippen molar-refractivity contribution in [1.82, 2.24) is 0 Å². The van der Waals surface area contributed by atoms with Crippen molar-refractivity contribution in [3.8, 4) is 11.5 Å². The van der Waals surface area contributed by atoms with E-state index in [2.05, 4.69) is 0 Å². The lowest BCUT2D eigenvalue weighted by Crippen LogP contribution is -2.43. The van der Waals surface area contributed by atoms with Gasteiger partial charge in [0.1, 0.15) is 6.54 Å². The highest BCUT2D eigenvalue weighted by atomic mass is 16.5. The minimum Gasteiger partial charge on any atom is -0.493 e. The molecule has 0 spiro atoms. The molecule has 7 heteroatoms. The number of amides is 2. The number of fused-ring (bicyclic) bond motifs is 1. The van der Waals surface area contributed by atoms with Gasteiger partial charge in [-0.1, -0.05) is 0 Å². The molecule has 1 aliphatic rings. The Balaban J connectivity index is 2.53. The number of benzene rings is 1. The number of methoxy groups -OCH3 is 1. The topological polar surface area (TPSA) is 102 Å². The first-order chi connectivity index (χ1) is 9.06. The van der Waals surface area contributed by atoms with Crippen molar-refractivity contribution in [3.63, 3.8) is 0 Å². The molecule has 0 fully saturated rings. The minimum absolute atomic E-state index is 0.185. The summed E-state index contributed by atoms with van der Waals surface area (Å²) in [5.74, 6) is -0.248. The van der Waals surface area contributed by atoms with E-state index in [-0.39, 0.29) is 25.7 Å². The van der Waals surface area contributed by atoms with E-state index in [4.69, 9.17) is 15.2 Å². The molecule has 0 radical (unpaired) electrons. The van der Waals surface area contributed by atoms with Crippen LogP contribution < -0.4 is 20.1 Å². The molecule has 0 unspecified atom stereocenters. The molecular weight excluding hydrogens is 252 g/mol. The Morgan fingerprint density at radius 3 is 2.89 bits per heavy atom. The van der Waals surface area contributed by atoms with Crippen LogP contribution in [0.1, 0.15) is 5.56 Å². The van der Waals surface area contributed by atoms with Gasteiger partial charge in [0.2, 0.25) is 5.91 Å². The van der Waals surface area contributed by atoms with Crippen molar-refractivity contribution in [2.75, 3.05) is 25.2 Å². The molecule has 0 aromatic heterocycles. The number of nitrogens with two attached hydrogens (primary N) is 1. The Bertz CT molecular complexity index is 529. The van der Waals surface area contributed by atoms with Gasteiger partial charge in [-0.2, -0.15) is 0 Å². The highest BCUT2D eigenvalue weighted by Gasteiger charge is 2.29. The molecule has 0 bridgehead atoms. The van der Waals surface area contributed by atoms with Crippen LogP contribution in [-0.2, 0) is 16.2 Å². The number of carbonyl (C=O) groups excluding carboxylic acids is 2. The summed E-state index contributed by atoms with van der Waals surface area (Å²) in [5, 5.41) is 9.20. The van der Waals surface area contributed by atoms with Crippen LogP contribution in [0.15, 0.2) is 12.1 Å². The second-order valence-electron chi connectivity index (χ2n) is 4.04. The average molecular weight is 266 g/mol. The van der Waals surface area contributed by atoms with E-state index in [0.29, 0.717) is 22.7 Å². The molecule has 19 heavy (non-hydrogen) atoms. The molecule has 1 aromatic carbocycles. The van der Waals surface area contributed by atoms with Crippen LogP contribution >= 0.6 is 0 Å². The number of hydrogen-bond donors (Lipinski definition) is 2. The summed E-state index contributed by atoms with van der Waals surface area (Å²) >= 11 is 0. The largest absolute Gasteiger partial charge is 0.493 e. The maximum Gasteiger partial charge on any atom is 0.265 e. The third kappa shape index (κ3) is 2.45. The third-order valence-electron chi connectivity index (χ3n) is 2.74. The number of nitrogens with zero attached hydrogens (tertiary/aromatic N) is 1. The van der Waals surface area contributed by atoms with Crippen LogP contribution in [0.5, 0.6) is 11.5 Å². The summed E-state index contributed by atoms with van der Waals surface area (Å²) in [6.45, 7) is -0.648. The summed E-state index contributed by atoms with van der Waals surface area (Å²) in [5.41, 5.74) is 6.05. The number of anilines is 1. The first-order valence-electron chi connectivity index (χ1n) is 5.60. The zero-order valence-corrected chi connectivity index (χ0v) is 10.4. The Kier molecular flexibility index (Phi) is 3.57. The zero-order valence-electron chi connectivity index (χ0n) is 10.4. The standard InChI is InChI=1S/C12H14N2O5/c1-18-9-3-7(5-15)2-8-12(9)19-6-11(17)14(8)4-10(13)16/h2-3,15H,4-6H2,1H3,(H2,13,16). The number of aliphatic hydroxyl groups excluding tert-OH is 1. The highest BCUT2D eigenvalue weighted by molar-refractivity contribution is 6.02. The van der Waals surface area contributed by atoms with E-state index in [1.165, 1.54) is 12.0 Å². The quantitative estimate of drug-likeness (QED) is 0.757. The zero-order chi connectivity index (χ0) is 14.0. The van der Waals surface area contributed by atoms with Gasteiger partial charge in [0.15, 0.2) is 18.1 Å². The normalized spacial score (nSPS) is 13.8. The van der Waals surface area contributed by atoms with Crippen LogP contribution in [0, 0.1) is 0 Å². The lowest BCUT2D eigenvalue weighted by atomic mass is 10.1. The number of hydrogen-bond acceptors (Lipinski definition) is 5. The van der Waals surface area contributed by atoms with Gasteiger partial charge in [0.25, 0.3) is 5.91 Å². The van der Waals surface area contributed by atoms with Crippen molar-refractivity contribution in [2.45, 2.75) is 6.61 Å². The van der Waals surface area contributed by atoms with Gasteiger partial charge in [-0.25, -0.2) is 0 Å². The van der Waals surface area contributed by atoms with Crippen molar-refractivity contribution in [3.05, 3.63) is 17.7 Å². The third-order valence-corrected chi connectivity index (χ3v) is 2.74. The monoisotopic (exact) mass is 266 g/mol. The maximum absolute atomic E-state index is 11.8. The number of carbonyl (C=O) groups is 2. The number of ether oxygens (including phenoxy) is 2. The lowest BCUT2D eigenvalue weighted by molar-refractivity contribution is -0.124. The van der Waals surface area contributed by atoms with E-state index in [1.807, 2.05) is 0 Å². The van der Waals surface area contributed by atoms with Gasteiger partial charge in [0.05, 0.1) is 19.4 Å². The second-order valence-corrected chi connectivity index (χ2v) is 4.04. The molecule has 0 aliphatic carbocycles. The van der Waals surface area contributed by atoms with Crippen molar-refractivity contribution < 1.29 is 24.2 Å². The summed E-state index contributed by atoms with van der Waals surface area (Å²) in [6, 6.07) is 3.18. The van der Waals surface area contributed by atoms with E-state index < -0.39 is 5.91 Å². The predicted molar refractivity (Wildman–Crippen MR) is 66.0 cm³/mol. The molecule has 1 aliphatic heterocycles. The number of aliphatic hydroxyl groups is 1. The molecule has 0 saturated heterocycles. The molecule has 1 heterocycles. The summed E-state index contributed by atoms with van der Waals surface area (Å²) in [6.07, 6.45) is 0. The van der Waals surface area contributed by atoms with Gasteiger partial charge in [-0.05, 0) is 17.7 Å². The van der Waals surface area contributed by atoms with Crippen molar-refractivity contribution >= 4 is 17.5 Å². The second kappa shape index (κ2) is 5.15. The fourth-order valence-corrected chi connectivity index (χ4v) is 1.91. The number of rotatable bonds is 4. The minimum atomic E-state index is -0.630. The summed E-state index contributed by atoms with van der Waals surface area (Å²) in [4.78, 5) is 24.0. The highest BCUT2D eigenvalue weighted by Crippen LogP contribution is 2.41. The molecule has 0 atom stereocenters. The van der Waals surface area contributed by atoms with Gasteiger partial charge in [-0.3, -0.25) is 14.5 Å². The SMILES string of the molecule is COc1cc(CO)cc2c1OCC(=O)N2CC(N)=O. The summed E-state index contributed by atoms with van der Waals surface area (Å²) < 4.78 is 10.5. The molecule has 2 amide bonds. The van der Waals surface area contributed by atoms with E-state index in [1.54, 1.807) is 12.1 Å². The predicted octanol–water partition coefficient (Wildman–Crippen LogP) is -0.602. The molecule has 102 valence electrons. The van der Waals surface area contributed by atoms with Gasteiger partial charge in [-0.15, -0.1) is 0 Å². The van der Waals surface area contributed by atoms with E-state index in [0.717, 1.165) is 0 Å². The van der Waals surface area contributed by atoms with Crippen molar-refractivity contribution in [1.29, 1.82) is 0 Å². The van der Waals surface area contributed by atoms with Crippen LogP contribution in [0.25, 0.3) is 0 Å². The molecule has 0 saturated carbocycles. The van der Waals surface area contributed by atoms with Crippen LogP contribution in [-0.4, -0.2) is 37.2 Å². The first kappa shape index (κ1) is 13.2. The van der Waals surface area contributed by atoms with Crippen LogP contribution in [0.2, 0.25) is 0 Å². The first-order valence-corrected chi connectivity index (χ1v) is 5.60. The molecule has 3 N–H and O–H groups in total.